The largest absolute Gasteiger partial charge is 0.348 e. The van der Waals surface area contributed by atoms with Gasteiger partial charge in [-0.1, -0.05) is 26.2 Å². The summed E-state index contributed by atoms with van der Waals surface area (Å²) in [5.74, 6) is -0.102. The van der Waals surface area contributed by atoms with Crippen LogP contribution in [0.3, 0.4) is 0 Å². The summed E-state index contributed by atoms with van der Waals surface area (Å²) < 4.78 is 1.83. The maximum atomic E-state index is 11.9. The van der Waals surface area contributed by atoms with Crippen LogP contribution in [0.4, 0.5) is 0 Å². The Bertz CT molecular complexity index is 362. The van der Waals surface area contributed by atoms with Gasteiger partial charge in [0.25, 0.3) is 5.91 Å². The van der Waals surface area contributed by atoms with Crippen LogP contribution in [0.2, 0.25) is 0 Å². The van der Waals surface area contributed by atoms with Crippen molar-refractivity contribution in [3.05, 3.63) is 18.2 Å². The minimum absolute atomic E-state index is 0.102. The average Bonchev–Trinajstić information content (AvgIpc) is 2.78. The van der Waals surface area contributed by atoms with Crippen LogP contribution >= 0.6 is 0 Å². The molecule has 1 aromatic heterocycles. The molecule has 3 N–H and O–H groups in total. The Kier molecular flexibility index (Phi) is 6.43. The number of rotatable bonds is 8. The number of hydrogen-bond donors (Lipinski definition) is 2. The molecule has 0 aromatic carbocycles. The van der Waals surface area contributed by atoms with Gasteiger partial charge in [0.05, 0.1) is 6.33 Å². The normalized spacial score (nSPS) is 12.4. The van der Waals surface area contributed by atoms with Gasteiger partial charge in [-0.25, -0.2) is 4.98 Å². The minimum atomic E-state index is -0.102. The van der Waals surface area contributed by atoms with E-state index >= 15 is 0 Å². The Labute approximate surface area is 109 Å². The van der Waals surface area contributed by atoms with E-state index in [2.05, 4.69) is 17.2 Å². The summed E-state index contributed by atoms with van der Waals surface area (Å²) in [4.78, 5) is 16.0. The smallest absolute Gasteiger partial charge is 0.271 e. The molecular weight excluding hydrogens is 228 g/mol. The lowest BCUT2D eigenvalue weighted by Gasteiger charge is -2.12. The molecule has 0 aliphatic carbocycles. The van der Waals surface area contributed by atoms with Gasteiger partial charge in [0.2, 0.25) is 0 Å². The zero-order valence-corrected chi connectivity index (χ0v) is 11.4. The number of amides is 1. The molecule has 1 rings (SSSR count). The van der Waals surface area contributed by atoms with Crippen molar-refractivity contribution in [2.45, 2.75) is 52.1 Å². The predicted molar refractivity (Wildman–Crippen MR) is 72.4 cm³/mol. The third-order valence-corrected chi connectivity index (χ3v) is 2.87. The lowest BCUT2D eigenvalue weighted by molar-refractivity contribution is 0.0933. The highest BCUT2D eigenvalue weighted by Crippen LogP contribution is 2.04. The summed E-state index contributed by atoms with van der Waals surface area (Å²) in [7, 11) is 0. The SMILES string of the molecule is CCCCCC(C)NC(=O)c1cn(CCN)cn1. The van der Waals surface area contributed by atoms with Crippen LogP contribution in [0.15, 0.2) is 12.5 Å². The number of carbonyl (C=O) groups excluding carboxylic acids is 1. The highest BCUT2D eigenvalue weighted by molar-refractivity contribution is 5.92. The molecule has 1 heterocycles. The molecule has 0 fully saturated rings. The lowest BCUT2D eigenvalue weighted by atomic mass is 10.1. The monoisotopic (exact) mass is 252 g/mol. The van der Waals surface area contributed by atoms with Crippen molar-refractivity contribution in [1.29, 1.82) is 0 Å². The summed E-state index contributed by atoms with van der Waals surface area (Å²) in [6.45, 7) is 5.44. The van der Waals surface area contributed by atoms with E-state index in [1.165, 1.54) is 12.8 Å². The Morgan fingerprint density at radius 1 is 1.56 bits per heavy atom. The summed E-state index contributed by atoms with van der Waals surface area (Å²) in [5.41, 5.74) is 5.91. The van der Waals surface area contributed by atoms with Crippen molar-refractivity contribution < 1.29 is 4.79 Å². The third kappa shape index (κ3) is 4.87. The van der Waals surface area contributed by atoms with Gasteiger partial charge < -0.3 is 15.6 Å². The number of hydrogen-bond acceptors (Lipinski definition) is 3. The molecule has 102 valence electrons. The molecule has 0 spiro atoms. The van der Waals surface area contributed by atoms with E-state index in [0.29, 0.717) is 18.8 Å². The van der Waals surface area contributed by atoms with Gasteiger partial charge in [-0.3, -0.25) is 4.79 Å². The van der Waals surface area contributed by atoms with Crippen LogP contribution in [0, 0.1) is 0 Å². The fourth-order valence-corrected chi connectivity index (χ4v) is 1.82. The maximum absolute atomic E-state index is 11.9. The Balaban J connectivity index is 2.38. The van der Waals surface area contributed by atoms with Crippen molar-refractivity contribution in [3.63, 3.8) is 0 Å². The van der Waals surface area contributed by atoms with Crippen molar-refractivity contribution in [3.8, 4) is 0 Å². The Morgan fingerprint density at radius 3 is 3.00 bits per heavy atom. The van der Waals surface area contributed by atoms with Crippen LogP contribution in [0.1, 0.15) is 50.0 Å². The first-order chi connectivity index (χ1) is 8.67. The van der Waals surface area contributed by atoms with Gasteiger partial charge in [-0.05, 0) is 13.3 Å². The lowest BCUT2D eigenvalue weighted by Crippen LogP contribution is -2.32. The third-order valence-electron chi connectivity index (χ3n) is 2.87. The van der Waals surface area contributed by atoms with E-state index in [1.54, 1.807) is 12.5 Å². The summed E-state index contributed by atoms with van der Waals surface area (Å²) in [6, 6.07) is 0.198. The van der Waals surface area contributed by atoms with Gasteiger partial charge >= 0.3 is 0 Å². The minimum Gasteiger partial charge on any atom is -0.348 e. The van der Waals surface area contributed by atoms with E-state index < -0.39 is 0 Å². The molecule has 0 bridgehead atoms. The summed E-state index contributed by atoms with van der Waals surface area (Å²) in [6.07, 6.45) is 7.96. The van der Waals surface area contributed by atoms with Gasteiger partial charge in [0.1, 0.15) is 5.69 Å². The molecule has 18 heavy (non-hydrogen) atoms. The van der Waals surface area contributed by atoms with Crippen LogP contribution in [0.25, 0.3) is 0 Å². The van der Waals surface area contributed by atoms with Crippen molar-refractivity contribution in [2.75, 3.05) is 6.54 Å². The summed E-state index contributed by atoms with van der Waals surface area (Å²) >= 11 is 0. The molecule has 0 radical (unpaired) electrons. The fourth-order valence-electron chi connectivity index (χ4n) is 1.82. The fraction of sp³-hybridized carbons (Fsp3) is 0.692. The van der Waals surface area contributed by atoms with Gasteiger partial charge in [0.15, 0.2) is 0 Å². The first-order valence-electron chi connectivity index (χ1n) is 6.70. The van der Waals surface area contributed by atoms with Gasteiger partial charge in [0, 0.05) is 25.3 Å². The van der Waals surface area contributed by atoms with Crippen LogP contribution < -0.4 is 11.1 Å². The first-order valence-corrected chi connectivity index (χ1v) is 6.70. The number of nitrogens with one attached hydrogen (secondary N) is 1. The van der Waals surface area contributed by atoms with Crippen molar-refractivity contribution in [1.82, 2.24) is 14.9 Å². The van der Waals surface area contributed by atoms with Crippen LogP contribution in [-0.2, 0) is 6.54 Å². The molecule has 1 amide bonds. The zero-order valence-electron chi connectivity index (χ0n) is 11.4. The number of nitrogens with two attached hydrogens (primary N) is 1. The molecule has 1 unspecified atom stereocenters. The number of aromatic nitrogens is 2. The summed E-state index contributed by atoms with van der Waals surface area (Å²) in [5, 5.41) is 2.96. The Hall–Kier alpha value is -1.36. The van der Waals surface area contributed by atoms with Gasteiger partial charge in [-0.15, -0.1) is 0 Å². The number of unbranched alkanes of at least 4 members (excludes halogenated alkanes) is 2. The molecule has 5 nitrogen and oxygen atoms in total. The number of nitrogens with zero attached hydrogens (tertiary/aromatic N) is 2. The van der Waals surface area contributed by atoms with Crippen LogP contribution in [0.5, 0.6) is 0 Å². The molecular formula is C13H24N4O. The molecule has 5 heteroatoms. The number of imidazole rings is 1. The van der Waals surface area contributed by atoms with E-state index in [0.717, 1.165) is 12.8 Å². The zero-order chi connectivity index (χ0) is 13.4. The standard InChI is InChI=1S/C13H24N4O/c1-3-4-5-6-11(2)16-13(18)12-9-17(8-7-14)10-15-12/h9-11H,3-8,14H2,1-2H3,(H,16,18). The van der Waals surface area contributed by atoms with E-state index in [-0.39, 0.29) is 11.9 Å². The highest BCUT2D eigenvalue weighted by Gasteiger charge is 2.12. The second kappa shape index (κ2) is 7.87. The van der Waals surface area contributed by atoms with Crippen molar-refractivity contribution in [2.24, 2.45) is 5.73 Å². The molecule has 0 saturated carbocycles. The second-order valence-corrected chi connectivity index (χ2v) is 4.66. The van der Waals surface area contributed by atoms with E-state index in [1.807, 2.05) is 11.5 Å². The molecule has 0 aliphatic rings. The molecule has 0 saturated heterocycles. The average molecular weight is 252 g/mol. The topological polar surface area (TPSA) is 72.9 Å². The second-order valence-electron chi connectivity index (χ2n) is 4.66. The van der Waals surface area contributed by atoms with Crippen LogP contribution in [-0.4, -0.2) is 28.0 Å². The maximum Gasteiger partial charge on any atom is 0.271 e. The Morgan fingerprint density at radius 2 is 2.33 bits per heavy atom. The van der Waals surface area contributed by atoms with E-state index in [9.17, 15) is 4.79 Å². The van der Waals surface area contributed by atoms with Crippen molar-refractivity contribution >= 4 is 5.91 Å². The van der Waals surface area contributed by atoms with E-state index in [4.69, 9.17) is 5.73 Å². The first kappa shape index (κ1) is 14.7. The molecule has 0 aliphatic heterocycles. The quantitative estimate of drug-likeness (QED) is 0.689. The highest BCUT2D eigenvalue weighted by atomic mass is 16.1. The molecule has 1 aromatic rings. The predicted octanol–water partition coefficient (Wildman–Crippen LogP) is 1.54. The number of carbonyl (C=O) groups is 1. The molecule has 1 atom stereocenters. The van der Waals surface area contributed by atoms with Gasteiger partial charge in [-0.2, -0.15) is 0 Å².